The lowest BCUT2D eigenvalue weighted by atomic mass is 9.89. The van der Waals surface area contributed by atoms with E-state index in [0.717, 1.165) is 50.9 Å². The zero-order valence-corrected chi connectivity index (χ0v) is 15.9. The van der Waals surface area contributed by atoms with Crippen molar-refractivity contribution in [2.24, 2.45) is 24.8 Å². The lowest BCUT2D eigenvalue weighted by Gasteiger charge is -2.27. The molecule has 1 aromatic rings. The van der Waals surface area contributed by atoms with Crippen molar-refractivity contribution in [1.29, 1.82) is 0 Å². The second-order valence-corrected chi connectivity index (χ2v) is 7.58. The molecule has 0 aliphatic carbocycles. The number of likely N-dealkylation sites (tertiary alicyclic amines) is 1. The maximum atomic E-state index is 13.1. The molecule has 0 aromatic carbocycles. The van der Waals surface area contributed by atoms with Crippen molar-refractivity contribution in [3.8, 4) is 0 Å². The number of carbonyl (C=O) groups is 1. The summed E-state index contributed by atoms with van der Waals surface area (Å²) >= 11 is 0. The van der Waals surface area contributed by atoms with E-state index in [-0.39, 0.29) is 24.2 Å². The van der Waals surface area contributed by atoms with E-state index in [1.807, 2.05) is 17.9 Å². The van der Waals surface area contributed by atoms with Gasteiger partial charge in [0.1, 0.15) is 0 Å². The Balaban J connectivity index is 0.00000208. The number of nitrogens with one attached hydrogen (secondary N) is 1. The molecule has 2 aliphatic rings. The molecule has 136 valence electrons. The number of hydrogen-bond donors (Lipinski definition) is 1. The van der Waals surface area contributed by atoms with Gasteiger partial charge < -0.3 is 10.2 Å². The minimum absolute atomic E-state index is 0. The van der Waals surface area contributed by atoms with E-state index in [9.17, 15) is 4.79 Å². The summed E-state index contributed by atoms with van der Waals surface area (Å²) in [6, 6.07) is 0. The molecule has 0 saturated carbocycles. The molecule has 3 rings (SSSR count). The van der Waals surface area contributed by atoms with E-state index in [2.05, 4.69) is 35.4 Å². The highest BCUT2D eigenvalue weighted by molar-refractivity contribution is 5.85. The molecule has 5 nitrogen and oxygen atoms in total. The molecule has 2 aliphatic heterocycles. The summed E-state index contributed by atoms with van der Waals surface area (Å²) < 4.78 is 1.83. The molecule has 0 radical (unpaired) electrons. The second kappa shape index (κ2) is 8.34. The lowest BCUT2D eigenvalue weighted by Crippen LogP contribution is -2.39. The Hall–Kier alpha value is -1.07. The lowest BCUT2D eigenvalue weighted by molar-refractivity contribution is -0.135. The standard InChI is InChI=1S/C18H30N4O.ClH/c1-13(2)14-5-4-7-22(8-6-14)18(23)17-11-19-10-16(17)15-9-20-21(3)12-15;/h9,12-14,16-17,19H,4-8,10-11H2,1-3H3;1H/t14?,16-,17+;/m1./s1. The van der Waals surface area contributed by atoms with Crippen LogP contribution in [0, 0.1) is 17.8 Å². The molecule has 1 amide bonds. The SMILES string of the molecule is CC(C)C1CCCN(C(=O)[C@H]2CNC[C@@H]2c2cnn(C)c2)CC1.Cl. The van der Waals surface area contributed by atoms with Gasteiger partial charge in [-0.05, 0) is 36.7 Å². The van der Waals surface area contributed by atoms with E-state index in [0.29, 0.717) is 5.91 Å². The van der Waals surface area contributed by atoms with Crippen molar-refractivity contribution < 1.29 is 4.79 Å². The Kier molecular flexibility index (Phi) is 6.70. The third kappa shape index (κ3) is 4.12. The predicted octanol–water partition coefficient (Wildman–Crippen LogP) is 2.43. The summed E-state index contributed by atoms with van der Waals surface area (Å²) in [4.78, 5) is 15.2. The average Bonchev–Trinajstić information content (AvgIpc) is 3.08. The fourth-order valence-electron chi connectivity index (χ4n) is 4.16. The molecule has 24 heavy (non-hydrogen) atoms. The smallest absolute Gasteiger partial charge is 0.227 e. The first-order chi connectivity index (χ1) is 11.1. The molecule has 3 heterocycles. The van der Waals surface area contributed by atoms with Crippen molar-refractivity contribution >= 4 is 18.3 Å². The van der Waals surface area contributed by atoms with Crippen molar-refractivity contribution in [3.05, 3.63) is 18.0 Å². The van der Waals surface area contributed by atoms with Crippen LogP contribution in [0.3, 0.4) is 0 Å². The van der Waals surface area contributed by atoms with Gasteiger partial charge in [0.25, 0.3) is 0 Å². The number of aromatic nitrogens is 2. The summed E-state index contributed by atoms with van der Waals surface area (Å²) in [5, 5.41) is 7.68. The van der Waals surface area contributed by atoms with E-state index in [1.54, 1.807) is 0 Å². The summed E-state index contributed by atoms with van der Waals surface area (Å²) in [5.41, 5.74) is 1.19. The molecule has 3 atom stereocenters. The fourth-order valence-corrected chi connectivity index (χ4v) is 4.16. The third-order valence-electron chi connectivity index (χ3n) is 5.71. The van der Waals surface area contributed by atoms with Crippen LogP contribution >= 0.6 is 12.4 Å². The first-order valence-corrected chi connectivity index (χ1v) is 9.04. The molecular formula is C18H31ClN4O. The average molecular weight is 355 g/mol. The van der Waals surface area contributed by atoms with E-state index in [1.165, 1.54) is 12.0 Å². The first-order valence-electron chi connectivity index (χ1n) is 9.04. The number of nitrogens with zero attached hydrogens (tertiary/aromatic N) is 3. The maximum Gasteiger partial charge on any atom is 0.227 e. The number of halogens is 1. The quantitative estimate of drug-likeness (QED) is 0.907. The number of aryl methyl sites for hydroxylation is 1. The van der Waals surface area contributed by atoms with Crippen LogP contribution in [0.25, 0.3) is 0 Å². The Morgan fingerprint density at radius 3 is 2.75 bits per heavy atom. The summed E-state index contributed by atoms with van der Waals surface area (Å²) in [6.45, 7) is 8.15. The van der Waals surface area contributed by atoms with Crippen LogP contribution in [0.4, 0.5) is 0 Å². The van der Waals surface area contributed by atoms with Crippen LogP contribution in [0.1, 0.15) is 44.6 Å². The van der Waals surface area contributed by atoms with Crippen molar-refractivity contribution in [2.75, 3.05) is 26.2 Å². The zero-order valence-electron chi connectivity index (χ0n) is 15.1. The van der Waals surface area contributed by atoms with Crippen LogP contribution < -0.4 is 5.32 Å². The van der Waals surface area contributed by atoms with Crippen LogP contribution in [0.2, 0.25) is 0 Å². The van der Waals surface area contributed by atoms with Gasteiger partial charge in [-0.1, -0.05) is 13.8 Å². The Morgan fingerprint density at radius 1 is 1.29 bits per heavy atom. The molecule has 0 bridgehead atoms. The van der Waals surface area contributed by atoms with Gasteiger partial charge in [-0.3, -0.25) is 9.48 Å². The molecular weight excluding hydrogens is 324 g/mol. The van der Waals surface area contributed by atoms with Gasteiger partial charge in [-0.25, -0.2) is 0 Å². The van der Waals surface area contributed by atoms with E-state index >= 15 is 0 Å². The number of carbonyl (C=O) groups excluding carboxylic acids is 1. The number of amides is 1. The van der Waals surface area contributed by atoms with Crippen molar-refractivity contribution in [3.63, 3.8) is 0 Å². The normalized spacial score (nSPS) is 27.8. The van der Waals surface area contributed by atoms with Gasteiger partial charge in [0.05, 0.1) is 12.1 Å². The Bertz CT molecular complexity index is 545. The van der Waals surface area contributed by atoms with Gasteiger partial charge in [0.15, 0.2) is 0 Å². The minimum atomic E-state index is 0. The van der Waals surface area contributed by atoms with Gasteiger partial charge in [0.2, 0.25) is 5.91 Å². The first kappa shape index (κ1) is 19.3. The zero-order chi connectivity index (χ0) is 16.4. The summed E-state index contributed by atoms with van der Waals surface area (Å²) in [5.74, 6) is 2.16. The van der Waals surface area contributed by atoms with E-state index in [4.69, 9.17) is 0 Å². The molecule has 0 spiro atoms. The third-order valence-corrected chi connectivity index (χ3v) is 5.71. The molecule has 1 unspecified atom stereocenters. The van der Waals surface area contributed by atoms with Crippen molar-refractivity contribution in [2.45, 2.75) is 39.0 Å². The Morgan fingerprint density at radius 2 is 2.08 bits per heavy atom. The highest BCUT2D eigenvalue weighted by atomic mass is 35.5. The van der Waals surface area contributed by atoms with Gasteiger partial charge in [0, 0.05) is 45.3 Å². The van der Waals surface area contributed by atoms with Gasteiger partial charge in [-0.2, -0.15) is 5.10 Å². The van der Waals surface area contributed by atoms with Gasteiger partial charge in [-0.15, -0.1) is 12.4 Å². The van der Waals surface area contributed by atoms with Crippen LogP contribution in [0.15, 0.2) is 12.4 Å². The molecule has 1 aromatic heterocycles. The minimum Gasteiger partial charge on any atom is -0.342 e. The fraction of sp³-hybridized carbons (Fsp3) is 0.778. The highest BCUT2D eigenvalue weighted by Gasteiger charge is 2.37. The van der Waals surface area contributed by atoms with Crippen LogP contribution in [-0.4, -0.2) is 46.8 Å². The summed E-state index contributed by atoms with van der Waals surface area (Å²) in [7, 11) is 1.93. The predicted molar refractivity (Wildman–Crippen MR) is 98.3 cm³/mol. The highest BCUT2D eigenvalue weighted by Crippen LogP contribution is 2.31. The number of rotatable bonds is 3. The largest absolute Gasteiger partial charge is 0.342 e. The topological polar surface area (TPSA) is 50.2 Å². The van der Waals surface area contributed by atoms with Crippen LogP contribution in [-0.2, 0) is 11.8 Å². The molecule has 2 fully saturated rings. The monoisotopic (exact) mass is 354 g/mol. The summed E-state index contributed by atoms with van der Waals surface area (Å²) in [6.07, 6.45) is 7.52. The van der Waals surface area contributed by atoms with E-state index < -0.39 is 0 Å². The molecule has 6 heteroatoms. The number of hydrogen-bond acceptors (Lipinski definition) is 3. The van der Waals surface area contributed by atoms with Crippen molar-refractivity contribution in [1.82, 2.24) is 20.0 Å². The van der Waals surface area contributed by atoms with Gasteiger partial charge >= 0.3 is 0 Å². The Labute approximate surface area is 151 Å². The second-order valence-electron chi connectivity index (χ2n) is 7.58. The van der Waals surface area contributed by atoms with Crippen LogP contribution in [0.5, 0.6) is 0 Å². The maximum absolute atomic E-state index is 13.1. The molecule has 2 saturated heterocycles. The molecule has 1 N–H and O–H groups in total.